The molecule has 10 nitrogen and oxygen atoms in total. The molecule has 1 rings (SSSR count). The van der Waals surface area contributed by atoms with Gasteiger partial charge in [0.15, 0.2) is 0 Å². The topological polar surface area (TPSA) is 142 Å². The van der Waals surface area contributed by atoms with Crippen LogP contribution in [0.3, 0.4) is 0 Å². The normalized spacial score (nSPS) is 14.2. The van der Waals surface area contributed by atoms with E-state index in [4.69, 9.17) is 23.6 Å². The Balaban J connectivity index is 0.00000961. The van der Waals surface area contributed by atoms with Crippen molar-refractivity contribution in [2.75, 3.05) is 47.5 Å². The van der Waals surface area contributed by atoms with E-state index >= 15 is 0 Å². The Morgan fingerprint density at radius 3 is 2.16 bits per heavy atom. The molecule has 1 aromatic rings. The lowest BCUT2D eigenvalue weighted by Crippen LogP contribution is -2.42. The number of likely N-dealkylation sites (N-methyl/N-ethyl adjacent to an activating group) is 1. The van der Waals surface area contributed by atoms with E-state index < -0.39 is 19.9 Å². The summed E-state index contributed by atoms with van der Waals surface area (Å²) in [5.74, 6) is 0.357. The summed E-state index contributed by atoms with van der Waals surface area (Å²) in [7, 11) is 1.18. The van der Waals surface area contributed by atoms with E-state index in [-0.39, 0.29) is 25.0 Å². The molecule has 0 aromatic heterocycles. The summed E-state index contributed by atoms with van der Waals surface area (Å²) in [6.45, 7) is 3.45. The smallest absolute Gasteiger partial charge is 0.472 e. The van der Waals surface area contributed by atoms with Crippen LogP contribution in [-0.4, -0.2) is 79.5 Å². The van der Waals surface area contributed by atoms with E-state index in [1.54, 1.807) is 0 Å². The molecule has 32 heavy (non-hydrogen) atoms. The number of hydrogen-bond donors (Lipinski definition) is 2. The zero-order valence-corrected chi connectivity index (χ0v) is 20.3. The second-order valence-electron chi connectivity index (χ2n) is 8.33. The lowest BCUT2D eigenvalue weighted by atomic mass is 10.2. The third kappa shape index (κ3) is 15.2. The molecular weight excluding hydrogens is 441 g/mol. The van der Waals surface area contributed by atoms with Crippen molar-refractivity contribution in [2.24, 2.45) is 0 Å². The maximum Gasteiger partial charge on any atom is 0.472 e. The Morgan fingerprint density at radius 2 is 1.62 bits per heavy atom. The molecule has 0 aliphatic heterocycles. The summed E-state index contributed by atoms with van der Waals surface area (Å²) in [5.41, 5.74) is 0. The first-order chi connectivity index (χ1) is 14.5. The van der Waals surface area contributed by atoms with Gasteiger partial charge in [-0.25, -0.2) is 4.57 Å². The molecular formula is C21H38NO9P. The Morgan fingerprint density at radius 1 is 1.06 bits per heavy atom. The van der Waals surface area contributed by atoms with E-state index in [0.717, 1.165) is 18.6 Å². The van der Waals surface area contributed by atoms with E-state index in [1.807, 2.05) is 45.4 Å². The molecule has 0 spiro atoms. The maximum atomic E-state index is 12.2. The molecule has 0 fully saturated rings. The lowest BCUT2D eigenvalue weighted by Gasteiger charge is -2.29. The predicted octanol–water partition coefficient (Wildman–Crippen LogP) is 3.53. The first-order valence-corrected chi connectivity index (χ1v) is 12.0. The maximum absolute atomic E-state index is 12.2. The minimum atomic E-state index is -4.35. The molecule has 11 heteroatoms. The van der Waals surface area contributed by atoms with Gasteiger partial charge in [-0.15, -0.1) is 0 Å². The van der Waals surface area contributed by atoms with Gasteiger partial charge in [0.1, 0.15) is 24.1 Å². The van der Waals surface area contributed by atoms with Crippen molar-refractivity contribution in [3.05, 3.63) is 24.3 Å². The van der Waals surface area contributed by atoms with Crippen LogP contribution in [0.15, 0.2) is 24.3 Å². The highest BCUT2D eigenvalue weighted by atomic mass is 31.2. The van der Waals surface area contributed by atoms with Gasteiger partial charge in [-0.05, 0) is 31.4 Å². The van der Waals surface area contributed by atoms with E-state index in [1.165, 1.54) is 0 Å². The van der Waals surface area contributed by atoms with Gasteiger partial charge >= 0.3 is 13.8 Å². The van der Waals surface area contributed by atoms with Crippen LogP contribution in [0.25, 0.3) is 0 Å². The van der Waals surface area contributed by atoms with E-state index in [2.05, 4.69) is 6.92 Å². The molecule has 0 saturated heterocycles. The molecule has 0 saturated carbocycles. The average molecular weight is 480 g/mol. The quantitative estimate of drug-likeness (QED) is 0.195. The molecule has 0 radical (unpaired) electrons. The Hall–Kier alpha value is -1.68. The standard InChI is InChI=1S/C21H36NO8P.H2O/c1-5-6-12-27-18-10-9-11-19(15-18)28-13-7-8-14-29-31(25,26)30-20(16-21(23)24)17-22(2,3)4;/h9-11,15,20H,5-8,12-14,16-17H2,1-4H3,(H-,23,24,25,26);1H2. The van der Waals surface area contributed by atoms with Crippen LogP contribution in [0.2, 0.25) is 0 Å². The number of benzene rings is 1. The minimum absolute atomic E-state index is 0. The number of carboxylic acid groups (broad SMARTS) is 1. The molecule has 2 atom stereocenters. The summed E-state index contributed by atoms with van der Waals surface area (Å²) >= 11 is 0. The van der Waals surface area contributed by atoms with Crippen LogP contribution in [0.5, 0.6) is 11.5 Å². The largest absolute Gasteiger partial charge is 0.870 e. The molecule has 2 unspecified atom stereocenters. The van der Waals surface area contributed by atoms with Crippen molar-refractivity contribution in [1.82, 2.24) is 0 Å². The number of quaternary nitrogens is 1. The van der Waals surface area contributed by atoms with Crippen LogP contribution in [0.4, 0.5) is 0 Å². The lowest BCUT2D eigenvalue weighted by molar-refractivity contribution is -0.873. The van der Waals surface area contributed by atoms with Gasteiger partial charge < -0.3 is 29.4 Å². The molecule has 1 aromatic carbocycles. The monoisotopic (exact) mass is 479 g/mol. The van der Waals surface area contributed by atoms with Gasteiger partial charge in [0.05, 0.1) is 47.4 Å². The number of phosphoric ester groups is 1. The fourth-order valence-corrected chi connectivity index (χ4v) is 3.66. The molecule has 0 aliphatic rings. The van der Waals surface area contributed by atoms with Crippen LogP contribution in [-0.2, 0) is 18.4 Å². The van der Waals surface area contributed by atoms with Gasteiger partial charge in [0.2, 0.25) is 0 Å². The number of hydrogen-bond acceptors (Lipinski definition) is 7. The van der Waals surface area contributed by atoms with Gasteiger partial charge in [0, 0.05) is 6.07 Å². The number of phosphoric acid groups is 1. The number of aliphatic carboxylic acids is 1. The SMILES string of the molecule is CCCCOc1cccc(OCCCCOP(=O)(O)OC(CC(=O)O)C[N+](C)(C)C)c1.[OH-]. The van der Waals surface area contributed by atoms with Crippen molar-refractivity contribution >= 4 is 13.8 Å². The summed E-state index contributed by atoms with van der Waals surface area (Å²) < 4.78 is 34.0. The van der Waals surface area contributed by atoms with E-state index in [9.17, 15) is 14.3 Å². The molecule has 186 valence electrons. The number of unbranched alkanes of at least 4 members (excludes halogenated alkanes) is 2. The van der Waals surface area contributed by atoms with Crippen LogP contribution >= 0.6 is 7.82 Å². The Kier molecular flexibility index (Phi) is 14.4. The van der Waals surface area contributed by atoms with Crippen LogP contribution in [0.1, 0.15) is 39.0 Å². The van der Waals surface area contributed by atoms with Crippen molar-refractivity contribution in [3.8, 4) is 11.5 Å². The first-order valence-electron chi connectivity index (χ1n) is 10.5. The molecule has 0 amide bonds. The zero-order valence-electron chi connectivity index (χ0n) is 19.4. The summed E-state index contributed by atoms with van der Waals surface area (Å²) in [4.78, 5) is 20.9. The molecule has 0 aliphatic carbocycles. The number of nitrogens with zero attached hydrogens (tertiary/aromatic N) is 1. The number of carbonyl (C=O) groups is 1. The first kappa shape index (κ1) is 30.3. The third-order valence-corrected chi connectivity index (χ3v) is 5.14. The number of rotatable bonds is 17. The second-order valence-corrected chi connectivity index (χ2v) is 9.74. The second kappa shape index (κ2) is 15.2. The van der Waals surface area contributed by atoms with E-state index in [0.29, 0.717) is 36.3 Å². The molecule has 3 N–H and O–H groups in total. The van der Waals surface area contributed by atoms with Crippen LogP contribution < -0.4 is 9.47 Å². The van der Waals surface area contributed by atoms with Crippen molar-refractivity contribution in [3.63, 3.8) is 0 Å². The summed E-state index contributed by atoms with van der Waals surface area (Å²) in [6, 6.07) is 7.42. The fourth-order valence-electron chi connectivity index (χ4n) is 2.72. The Bertz CT molecular complexity index is 709. The highest BCUT2D eigenvalue weighted by Gasteiger charge is 2.31. The van der Waals surface area contributed by atoms with Gasteiger partial charge in [0.25, 0.3) is 0 Å². The summed E-state index contributed by atoms with van der Waals surface area (Å²) in [5, 5.41) is 8.99. The van der Waals surface area contributed by atoms with Gasteiger partial charge in [-0.1, -0.05) is 19.4 Å². The molecule has 0 heterocycles. The fraction of sp³-hybridized carbons (Fsp3) is 0.667. The average Bonchev–Trinajstić information content (AvgIpc) is 2.63. The summed E-state index contributed by atoms with van der Waals surface area (Å²) in [6.07, 6.45) is 1.86. The minimum Gasteiger partial charge on any atom is -0.870 e. The van der Waals surface area contributed by atoms with Crippen molar-refractivity contribution in [1.29, 1.82) is 0 Å². The predicted molar refractivity (Wildman–Crippen MR) is 119 cm³/mol. The van der Waals surface area contributed by atoms with Gasteiger partial charge in [-0.3, -0.25) is 13.8 Å². The highest BCUT2D eigenvalue weighted by molar-refractivity contribution is 7.47. The third-order valence-electron chi connectivity index (χ3n) is 4.07. The zero-order chi connectivity index (χ0) is 23.3. The van der Waals surface area contributed by atoms with Crippen molar-refractivity contribution < 1.29 is 47.8 Å². The molecule has 0 bridgehead atoms. The number of carboxylic acids is 1. The van der Waals surface area contributed by atoms with Gasteiger partial charge in [-0.2, -0.15) is 0 Å². The van der Waals surface area contributed by atoms with Crippen LogP contribution in [0, 0.1) is 0 Å². The number of ether oxygens (including phenoxy) is 2. The Labute approximate surface area is 190 Å². The highest BCUT2D eigenvalue weighted by Crippen LogP contribution is 2.45. The van der Waals surface area contributed by atoms with Crippen molar-refractivity contribution in [2.45, 2.75) is 45.1 Å².